The first-order valence-corrected chi connectivity index (χ1v) is 11.1. The van der Waals surface area contributed by atoms with Gasteiger partial charge in [0, 0.05) is 30.4 Å². The molecule has 1 saturated carbocycles. The van der Waals surface area contributed by atoms with E-state index in [9.17, 15) is 14.9 Å². The number of fused-ring (bicyclic) bond motifs is 3. The van der Waals surface area contributed by atoms with Crippen molar-refractivity contribution in [3.8, 4) is 6.07 Å². The molecule has 0 spiro atoms. The average molecular weight is 441 g/mol. The molecular formula is C25H23N5O3. The van der Waals surface area contributed by atoms with Crippen LogP contribution in [0.15, 0.2) is 52.0 Å². The summed E-state index contributed by atoms with van der Waals surface area (Å²) in [5.74, 6) is 0.548. The highest BCUT2D eigenvalue weighted by Gasteiger charge is 2.28. The Morgan fingerprint density at radius 3 is 2.94 bits per heavy atom. The van der Waals surface area contributed by atoms with E-state index in [2.05, 4.69) is 21.5 Å². The SMILES string of the molecule is Cc1onc2c1c(=O)n(C1CCCC(CNC(=O)c3cccnc3)C1)c1cccc(C#N)c21. The molecule has 1 aliphatic carbocycles. The summed E-state index contributed by atoms with van der Waals surface area (Å²) in [7, 11) is 0. The monoisotopic (exact) mass is 441 g/mol. The van der Waals surface area contributed by atoms with Gasteiger partial charge in [0.25, 0.3) is 11.5 Å². The minimum atomic E-state index is -0.145. The molecule has 4 aromatic rings. The van der Waals surface area contributed by atoms with Crippen LogP contribution in [0.25, 0.3) is 21.8 Å². The van der Waals surface area contributed by atoms with Gasteiger partial charge in [-0.05, 0) is 56.4 Å². The quantitative estimate of drug-likeness (QED) is 0.514. The number of benzene rings is 1. The van der Waals surface area contributed by atoms with Crippen LogP contribution in [-0.2, 0) is 0 Å². The van der Waals surface area contributed by atoms with Crippen LogP contribution >= 0.6 is 0 Å². The lowest BCUT2D eigenvalue weighted by Crippen LogP contribution is -2.34. The summed E-state index contributed by atoms with van der Waals surface area (Å²) in [5, 5.41) is 17.9. The molecule has 1 N–H and O–H groups in total. The molecule has 5 rings (SSSR count). The smallest absolute Gasteiger partial charge is 0.264 e. The lowest BCUT2D eigenvalue weighted by molar-refractivity contribution is 0.0940. The third-order valence-electron chi connectivity index (χ3n) is 6.55. The molecule has 3 aromatic heterocycles. The van der Waals surface area contributed by atoms with Crippen molar-refractivity contribution in [1.82, 2.24) is 20.0 Å². The molecule has 8 nitrogen and oxygen atoms in total. The van der Waals surface area contributed by atoms with Gasteiger partial charge in [0.2, 0.25) is 0 Å². The highest BCUT2D eigenvalue weighted by atomic mass is 16.5. The number of carbonyl (C=O) groups is 1. The fourth-order valence-electron chi connectivity index (χ4n) is 4.99. The summed E-state index contributed by atoms with van der Waals surface area (Å²) in [4.78, 5) is 30.0. The Kier molecular flexibility index (Phi) is 5.38. The molecule has 0 aliphatic heterocycles. The number of rotatable bonds is 4. The number of nitriles is 1. The van der Waals surface area contributed by atoms with Crippen LogP contribution in [0.5, 0.6) is 0 Å². The Morgan fingerprint density at radius 1 is 1.27 bits per heavy atom. The molecule has 33 heavy (non-hydrogen) atoms. The highest BCUT2D eigenvalue weighted by Crippen LogP contribution is 2.35. The summed E-state index contributed by atoms with van der Waals surface area (Å²) in [6.07, 6.45) is 6.73. The molecule has 1 amide bonds. The zero-order valence-corrected chi connectivity index (χ0v) is 18.2. The van der Waals surface area contributed by atoms with E-state index in [-0.39, 0.29) is 23.4 Å². The van der Waals surface area contributed by atoms with Gasteiger partial charge in [-0.25, -0.2) is 0 Å². The number of aromatic nitrogens is 3. The molecule has 1 fully saturated rings. The Hall–Kier alpha value is -3.99. The second kappa shape index (κ2) is 8.51. The van der Waals surface area contributed by atoms with E-state index in [1.807, 2.05) is 10.6 Å². The molecule has 1 aromatic carbocycles. The van der Waals surface area contributed by atoms with Crippen molar-refractivity contribution in [1.29, 1.82) is 5.26 Å². The maximum atomic E-state index is 13.6. The second-order valence-electron chi connectivity index (χ2n) is 8.59. The Labute approximate surface area is 189 Å². The van der Waals surface area contributed by atoms with Crippen molar-refractivity contribution in [3.05, 3.63) is 70.0 Å². The van der Waals surface area contributed by atoms with Crippen molar-refractivity contribution in [2.45, 2.75) is 38.6 Å². The summed E-state index contributed by atoms with van der Waals surface area (Å²) < 4.78 is 7.17. The third kappa shape index (κ3) is 3.65. The van der Waals surface area contributed by atoms with Gasteiger partial charge in [-0.15, -0.1) is 0 Å². The molecular weight excluding hydrogens is 418 g/mol. The largest absolute Gasteiger partial charge is 0.360 e. The van der Waals surface area contributed by atoms with Crippen molar-refractivity contribution < 1.29 is 9.32 Å². The maximum Gasteiger partial charge on any atom is 0.264 e. The van der Waals surface area contributed by atoms with E-state index in [1.54, 1.807) is 43.6 Å². The predicted octanol–water partition coefficient (Wildman–Crippen LogP) is 3.88. The molecule has 2 atom stereocenters. The van der Waals surface area contributed by atoms with Gasteiger partial charge >= 0.3 is 0 Å². The molecule has 0 saturated heterocycles. The van der Waals surface area contributed by atoms with E-state index in [0.29, 0.717) is 45.2 Å². The van der Waals surface area contributed by atoms with E-state index < -0.39 is 0 Å². The molecule has 1 aliphatic rings. The number of amides is 1. The number of hydrogen-bond acceptors (Lipinski definition) is 6. The Morgan fingerprint density at radius 2 is 2.15 bits per heavy atom. The summed E-state index contributed by atoms with van der Waals surface area (Å²) >= 11 is 0. The fourth-order valence-corrected chi connectivity index (χ4v) is 4.99. The zero-order chi connectivity index (χ0) is 22.9. The standard InChI is InChI=1S/C25H23N5O3/c1-15-21-23(29-33-15)22-17(12-26)6-3-9-20(22)30(25(21)32)19-8-2-5-16(11-19)13-28-24(31)18-7-4-10-27-14-18/h3-4,6-7,9-10,14,16,19H,2,5,8,11,13H2,1H3,(H,28,31). The van der Waals surface area contributed by atoms with Crippen LogP contribution < -0.4 is 10.9 Å². The Balaban J connectivity index is 1.49. The minimum absolute atomic E-state index is 0.0401. The summed E-state index contributed by atoms with van der Waals surface area (Å²) in [6, 6.07) is 11.1. The average Bonchev–Trinajstić information content (AvgIpc) is 3.25. The van der Waals surface area contributed by atoms with Crippen LogP contribution in [0.4, 0.5) is 0 Å². The van der Waals surface area contributed by atoms with Crippen molar-refractivity contribution >= 4 is 27.7 Å². The number of nitrogens with zero attached hydrogens (tertiary/aromatic N) is 4. The van der Waals surface area contributed by atoms with Crippen LogP contribution in [0.3, 0.4) is 0 Å². The predicted molar refractivity (Wildman–Crippen MR) is 123 cm³/mol. The number of nitrogens with one attached hydrogen (secondary N) is 1. The highest BCUT2D eigenvalue weighted by molar-refractivity contribution is 6.06. The van der Waals surface area contributed by atoms with Gasteiger partial charge in [0.1, 0.15) is 16.7 Å². The van der Waals surface area contributed by atoms with Gasteiger partial charge in [-0.2, -0.15) is 5.26 Å². The molecule has 2 unspecified atom stereocenters. The zero-order valence-electron chi connectivity index (χ0n) is 18.2. The van der Waals surface area contributed by atoms with Crippen LogP contribution in [0, 0.1) is 24.2 Å². The fraction of sp³-hybridized carbons (Fsp3) is 0.320. The van der Waals surface area contributed by atoms with Gasteiger partial charge < -0.3 is 14.4 Å². The van der Waals surface area contributed by atoms with Crippen molar-refractivity contribution in [2.75, 3.05) is 6.54 Å². The number of carbonyl (C=O) groups excluding carboxylic acids is 1. The summed E-state index contributed by atoms with van der Waals surface area (Å²) in [6.45, 7) is 2.26. The molecule has 166 valence electrons. The second-order valence-corrected chi connectivity index (χ2v) is 8.59. The molecule has 3 heterocycles. The van der Waals surface area contributed by atoms with Crippen LogP contribution in [0.2, 0.25) is 0 Å². The number of pyridine rings is 2. The lowest BCUT2D eigenvalue weighted by atomic mass is 9.85. The first-order valence-electron chi connectivity index (χ1n) is 11.1. The van der Waals surface area contributed by atoms with Gasteiger partial charge in [-0.3, -0.25) is 14.6 Å². The molecule has 0 radical (unpaired) electrons. The van der Waals surface area contributed by atoms with E-state index in [0.717, 1.165) is 25.7 Å². The van der Waals surface area contributed by atoms with Crippen LogP contribution in [-0.4, -0.2) is 27.2 Å². The summed E-state index contributed by atoms with van der Waals surface area (Å²) in [5.41, 5.74) is 2.00. The van der Waals surface area contributed by atoms with Gasteiger partial charge in [0.15, 0.2) is 0 Å². The first-order chi connectivity index (χ1) is 16.1. The maximum absolute atomic E-state index is 13.6. The van der Waals surface area contributed by atoms with Crippen molar-refractivity contribution in [3.63, 3.8) is 0 Å². The van der Waals surface area contributed by atoms with E-state index in [4.69, 9.17) is 4.52 Å². The van der Waals surface area contributed by atoms with E-state index in [1.165, 1.54) is 0 Å². The minimum Gasteiger partial charge on any atom is -0.360 e. The first kappa shape index (κ1) is 20.9. The van der Waals surface area contributed by atoms with Gasteiger partial charge in [0.05, 0.1) is 22.7 Å². The van der Waals surface area contributed by atoms with E-state index >= 15 is 0 Å². The third-order valence-corrected chi connectivity index (χ3v) is 6.55. The van der Waals surface area contributed by atoms with Gasteiger partial charge in [-0.1, -0.05) is 17.6 Å². The van der Waals surface area contributed by atoms with Crippen LogP contribution in [0.1, 0.15) is 53.4 Å². The van der Waals surface area contributed by atoms with Crippen molar-refractivity contribution in [2.24, 2.45) is 5.92 Å². The lowest BCUT2D eigenvalue weighted by Gasteiger charge is -2.31. The number of hydrogen-bond donors (Lipinski definition) is 1. The molecule has 0 bridgehead atoms. The Bertz CT molecular complexity index is 1450. The normalized spacial score (nSPS) is 18.3. The number of aryl methyl sites for hydroxylation is 1. The topological polar surface area (TPSA) is 114 Å². The molecule has 8 heteroatoms.